The molecular formula is C7H15NO. The molecule has 1 aliphatic rings. The van der Waals surface area contributed by atoms with Gasteiger partial charge in [0.25, 0.3) is 0 Å². The molecule has 2 heteroatoms. The zero-order valence-corrected chi connectivity index (χ0v) is 6.18. The van der Waals surface area contributed by atoms with Gasteiger partial charge in [0, 0.05) is 19.7 Å². The average molecular weight is 129 g/mol. The second-order valence-corrected chi connectivity index (χ2v) is 3.01. The van der Waals surface area contributed by atoms with Crippen molar-refractivity contribution in [1.82, 2.24) is 5.32 Å². The van der Waals surface area contributed by atoms with Gasteiger partial charge in [0.1, 0.15) is 0 Å². The lowest BCUT2D eigenvalue weighted by atomic mass is 10.2. The van der Waals surface area contributed by atoms with Crippen molar-refractivity contribution in [2.24, 2.45) is 5.92 Å². The lowest BCUT2D eigenvalue weighted by molar-refractivity contribution is 0.00492. The molecule has 1 N–H and O–H groups in total. The molecule has 0 amide bonds. The molecule has 1 rings (SSSR count). The predicted molar refractivity (Wildman–Crippen MR) is 37.4 cm³/mol. The maximum absolute atomic E-state index is 5.48. The maximum Gasteiger partial charge on any atom is 0.0823 e. The fourth-order valence-corrected chi connectivity index (χ4v) is 0.709. The fourth-order valence-electron chi connectivity index (χ4n) is 0.709. The highest BCUT2D eigenvalue weighted by Gasteiger charge is 2.16. The molecule has 0 atom stereocenters. The van der Waals surface area contributed by atoms with Gasteiger partial charge in [-0.05, 0) is 5.92 Å². The molecule has 0 radical (unpaired) electrons. The molecule has 0 aromatic carbocycles. The average Bonchev–Trinajstić information content (AvgIpc) is 1.60. The van der Waals surface area contributed by atoms with E-state index in [9.17, 15) is 0 Å². The van der Waals surface area contributed by atoms with E-state index < -0.39 is 0 Å². The van der Waals surface area contributed by atoms with Gasteiger partial charge in [-0.2, -0.15) is 0 Å². The van der Waals surface area contributed by atoms with Crippen molar-refractivity contribution in [3.8, 4) is 0 Å². The summed E-state index contributed by atoms with van der Waals surface area (Å²) >= 11 is 0. The second-order valence-electron chi connectivity index (χ2n) is 3.01. The van der Waals surface area contributed by atoms with Gasteiger partial charge in [0.05, 0.1) is 6.10 Å². The highest BCUT2D eigenvalue weighted by atomic mass is 16.5. The number of rotatable bonds is 3. The van der Waals surface area contributed by atoms with Crippen molar-refractivity contribution in [3.05, 3.63) is 0 Å². The van der Waals surface area contributed by atoms with Crippen LogP contribution < -0.4 is 5.32 Å². The minimum Gasteiger partial charge on any atom is -0.375 e. The van der Waals surface area contributed by atoms with E-state index in [1.165, 1.54) is 0 Å². The Kier molecular flexibility index (Phi) is 2.49. The molecule has 0 aromatic rings. The third-order valence-corrected chi connectivity index (χ3v) is 1.41. The van der Waals surface area contributed by atoms with E-state index in [0.29, 0.717) is 12.0 Å². The van der Waals surface area contributed by atoms with Crippen LogP contribution in [0.4, 0.5) is 0 Å². The molecule has 1 aliphatic heterocycles. The Hall–Kier alpha value is -0.0800. The summed E-state index contributed by atoms with van der Waals surface area (Å²) in [5.74, 6) is 0.672. The predicted octanol–water partition coefficient (Wildman–Crippen LogP) is 0.631. The van der Waals surface area contributed by atoms with Crippen molar-refractivity contribution >= 4 is 0 Å². The second kappa shape index (κ2) is 3.18. The summed E-state index contributed by atoms with van der Waals surface area (Å²) in [6, 6.07) is 0. The van der Waals surface area contributed by atoms with Gasteiger partial charge in [0.15, 0.2) is 0 Å². The lowest BCUT2D eigenvalue weighted by Crippen LogP contribution is -2.48. The topological polar surface area (TPSA) is 21.3 Å². The van der Waals surface area contributed by atoms with E-state index in [0.717, 1.165) is 19.7 Å². The van der Waals surface area contributed by atoms with Crippen LogP contribution in [0.25, 0.3) is 0 Å². The molecule has 0 spiro atoms. The number of hydrogen-bond acceptors (Lipinski definition) is 2. The minimum absolute atomic E-state index is 0.507. The first-order valence-electron chi connectivity index (χ1n) is 3.61. The normalized spacial score (nSPS) is 20.3. The van der Waals surface area contributed by atoms with Crippen LogP contribution >= 0.6 is 0 Å². The zero-order valence-electron chi connectivity index (χ0n) is 6.18. The SMILES string of the molecule is CC(C)COC1CNC1. The third kappa shape index (κ3) is 2.33. The first kappa shape index (κ1) is 7.03. The molecule has 0 unspecified atom stereocenters. The van der Waals surface area contributed by atoms with Gasteiger partial charge in [-0.15, -0.1) is 0 Å². The van der Waals surface area contributed by atoms with Crippen LogP contribution in [0.1, 0.15) is 13.8 Å². The van der Waals surface area contributed by atoms with Gasteiger partial charge < -0.3 is 10.1 Å². The van der Waals surface area contributed by atoms with Gasteiger partial charge in [-0.1, -0.05) is 13.8 Å². The van der Waals surface area contributed by atoms with E-state index >= 15 is 0 Å². The van der Waals surface area contributed by atoms with Crippen LogP contribution in [0.5, 0.6) is 0 Å². The van der Waals surface area contributed by atoms with Gasteiger partial charge >= 0.3 is 0 Å². The Morgan fingerprint density at radius 1 is 1.56 bits per heavy atom. The van der Waals surface area contributed by atoms with Crippen LogP contribution in [-0.2, 0) is 4.74 Å². The Morgan fingerprint density at radius 3 is 2.56 bits per heavy atom. The Labute approximate surface area is 56.6 Å². The van der Waals surface area contributed by atoms with E-state index in [1.54, 1.807) is 0 Å². The van der Waals surface area contributed by atoms with Gasteiger partial charge in [-0.3, -0.25) is 0 Å². The van der Waals surface area contributed by atoms with Crippen molar-refractivity contribution in [3.63, 3.8) is 0 Å². The fraction of sp³-hybridized carbons (Fsp3) is 1.00. The minimum atomic E-state index is 0.507. The summed E-state index contributed by atoms with van der Waals surface area (Å²) in [5, 5.41) is 3.16. The highest BCUT2D eigenvalue weighted by molar-refractivity contribution is 4.74. The Morgan fingerprint density at radius 2 is 2.22 bits per heavy atom. The van der Waals surface area contributed by atoms with Gasteiger partial charge in [-0.25, -0.2) is 0 Å². The molecule has 1 saturated heterocycles. The van der Waals surface area contributed by atoms with Crippen molar-refractivity contribution in [2.75, 3.05) is 19.7 Å². The Balaban J connectivity index is 1.91. The van der Waals surface area contributed by atoms with E-state index in [2.05, 4.69) is 19.2 Å². The molecule has 1 heterocycles. The summed E-state index contributed by atoms with van der Waals surface area (Å²) in [6.45, 7) is 7.35. The quantitative estimate of drug-likeness (QED) is 0.603. The summed E-state index contributed by atoms with van der Waals surface area (Å²) < 4.78 is 5.48. The molecular weight excluding hydrogens is 114 g/mol. The molecule has 0 aromatic heterocycles. The highest BCUT2D eigenvalue weighted by Crippen LogP contribution is 2.01. The lowest BCUT2D eigenvalue weighted by Gasteiger charge is -2.27. The standard InChI is InChI=1S/C7H15NO/c1-6(2)5-9-7-3-8-4-7/h6-8H,3-5H2,1-2H3. The summed E-state index contributed by atoms with van der Waals surface area (Å²) in [5.41, 5.74) is 0. The molecule has 54 valence electrons. The van der Waals surface area contributed by atoms with E-state index in [1.807, 2.05) is 0 Å². The smallest absolute Gasteiger partial charge is 0.0823 e. The molecule has 9 heavy (non-hydrogen) atoms. The molecule has 0 saturated carbocycles. The largest absolute Gasteiger partial charge is 0.375 e. The molecule has 1 fully saturated rings. The summed E-state index contributed by atoms with van der Waals surface area (Å²) in [4.78, 5) is 0. The van der Waals surface area contributed by atoms with E-state index in [-0.39, 0.29) is 0 Å². The third-order valence-electron chi connectivity index (χ3n) is 1.41. The zero-order chi connectivity index (χ0) is 6.69. The van der Waals surface area contributed by atoms with Crippen LogP contribution in [0, 0.1) is 5.92 Å². The van der Waals surface area contributed by atoms with Crippen molar-refractivity contribution in [2.45, 2.75) is 20.0 Å². The molecule has 0 bridgehead atoms. The molecule has 0 aliphatic carbocycles. The maximum atomic E-state index is 5.48. The number of nitrogens with one attached hydrogen (secondary N) is 1. The van der Waals surface area contributed by atoms with Crippen LogP contribution in [0.2, 0.25) is 0 Å². The first-order chi connectivity index (χ1) is 4.29. The van der Waals surface area contributed by atoms with Crippen molar-refractivity contribution < 1.29 is 4.74 Å². The van der Waals surface area contributed by atoms with E-state index in [4.69, 9.17) is 4.74 Å². The number of ether oxygens (including phenoxy) is 1. The summed E-state index contributed by atoms with van der Waals surface area (Å²) in [7, 11) is 0. The first-order valence-corrected chi connectivity index (χ1v) is 3.61. The van der Waals surface area contributed by atoms with Gasteiger partial charge in [0.2, 0.25) is 0 Å². The monoisotopic (exact) mass is 129 g/mol. The van der Waals surface area contributed by atoms with Crippen LogP contribution in [0.15, 0.2) is 0 Å². The number of hydrogen-bond donors (Lipinski definition) is 1. The molecule has 2 nitrogen and oxygen atoms in total. The van der Waals surface area contributed by atoms with Crippen molar-refractivity contribution in [1.29, 1.82) is 0 Å². The Bertz CT molecular complexity index is 79.0. The van der Waals surface area contributed by atoms with Crippen LogP contribution in [0.3, 0.4) is 0 Å². The summed E-state index contributed by atoms with van der Waals surface area (Å²) in [6.07, 6.45) is 0.507. The van der Waals surface area contributed by atoms with Crippen LogP contribution in [-0.4, -0.2) is 25.8 Å².